The Morgan fingerprint density at radius 1 is 1.47 bits per heavy atom. The fourth-order valence-electron chi connectivity index (χ4n) is 1.33. The number of nitrogens with two attached hydrogens (primary N) is 1. The van der Waals surface area contributed by atoms with Crippen LogP contribution in [0, 0.1) is 6.92 Å². The van der Waals surface area contributed by atoms with Crippen LogP contribution in [0.3, 0.4) is 0 Å². The zero-order valence-corrected chi connectivity index (χ0v) is 9.36. The Hall–Kier alpha value is -1.49. The van der Waals surface area contributed by atoms with Crippen LogP contribution in [-0.2, 0) is 13.6 Å². The van der Waals surface area contributed by atoms with Gasteiger partial charge in [-0.15, -0.1) is 0 Å². The molecule has 2 aromatic rings. The number of halogens is 1. The Kier molecular flexibility index (Phi) is 2.40. The van der Waals surface area contributed by atoms with Crippen molar-refractivity contribution in [2.24, 2.45) is 7.05 Å². The predicted octanol–water partition coefficient (Wildman–Crippen LogP) is 1.21. The summed E-state index contributed by atoms with van der Waals surface area (Å²) in [5, 5.41) is 4.77. The van der Waals surface area contributed by atoms with Crippen molar-refractivity contribution in [1.29, 1.82) is 0 Å². The highest BCUT2D eigenvalue weighted by molar-refractivity contribution is 6.29. The standard InChI is InChI=1S/C9H12ClN5/c1-6-7(11)3-13-15(6)5-9-12-4-8(10)14(9)2/h3-4H,5,11H2,1-2H3. The summed E-state index contributed by atoms with van der Waals surface area (Å²) in [6.07, 6.45) is 3.26. The first-order chi connectivity index (χ1) is 7.09. The van der Waals surface area contributed by atoms with Gasteiger partial charge in [0, 0.05) is 7.05 Å². The smallest absolute Gasteiger partial charge is 0.131 e. The molecule has 0 aliphatic carbocycles. The number of hydrogen-bond donors (Lipinski definition) is 1. The van der Waals surface area contributed by atoms with Crippen LogP contribution < -0.4 is 5.73 Å². The maximum absolute atomic E-state index is 5.89. The first-order valence-corrected chi connectivity index (χ1v) is 4.91. The highest BCUT2D eigenvalue weighted by Crippen LogP contribution is 2.13. The van der Waals surface area contributed by atoms with E-state index < -0.39 is 0 Å². The second-order valence-electron chi connectivity index (χ2n) is 3.40. The lowest BCUT2D eigenvalue weighted by Crippen LogP contribution is -2.09. The summed E-state index contributed by atoms with van der Waals surface area (Å²) in [5.41, 5.74) is 7.33. The molecule has 5 nitrogen and oxygen atoms in total. The zero-order valence-electron chi connectivity index (χ0n) is 8.61. The van der Waals surface area contributed by atoms with Gasteiger partial charge in [0.25, 0.3) is 0 Å². The predicted molar refractivity (Wildman–Crippen MR) is 58.7 cm³/mol. The van der Waals surface area contributed by atoms with Gasteiger partial charge < -0.3 is 10.3 Å². The van der Waals surface area contributed by atoms with Crippen molar-refractivity contribution in [1.82, 2.24) is 19.3 Å². The van der Waals surface area contributed by atoms with Gasteiger partial charge in [0.2, 0.25) is 0 Å². The molecule has 0 fully saturated rings. The Morgan fingerprint density at radius 3 is 2.67 bits per heavy atom. The van der Waals surface area contributed by atoms with Crippen LogP contribution in [-0.4, -0.2) is 19.3 Å². The molecule has 0 spiro atoms. The highest BCUT2D eigenvalue weighted by atomic mass is 35.5. The summed E-state index contributed by atoms with van der Waals surface area (Å²) in [6, 6.07) is 0. The van der Waals surface area contributed by atoms with Gasteiger partial charge >= 0.3 is 0 Å². The van der Waals surface area contributed by atoms with Crippen molar-refractivity contribution in [3.63, 3.8) is 0 Å². The average molecular weight is 226 g/mol. The van der Waals surface area contributed by atoms with Crippen LogP contribution in [0.1, 0.15) is 11.5 Å². The van der Waals surface area contributed by atoms with Gasteiger partial charge in [-0.25, -0.2) is 4.98 Å². The van der Waals surface area contributed by atoms with Crippen LogP contribution in [0.5, 0.6) is 0 Å². The van der Waals surface area contributed by atoms with E-state index in [1.807, 2.05) is 18.5 Å². The Bertz CT molecular complexity index is 440. The molecule has 0 aromatic carbocycles. The van der Waals surface area contributed by atoms with E-state index >= 15 is 0 Å². The lowest BCUT2D eigenvalue weighted by atomic mass is 10.4. The molecule has 0 aliphatic rings. The quantitative estimate of drug-likeness (QED) is 0.836. The minimum Gasteiger partial charge on any atom is -0.396 e. The molecular weight excluding hydrogens is 214 g/mol. The molecule has 2 heterocycles. The first-order valence-electron chi connectivity index (χ1n) is 4.53. The number of rotatable bonds is 2. The molecule has 0 atom stereocenters. The number of hydrogen-bond acceptors (Lipinski definition) is 3. The topological polar surface area (TPSA) is 61.7 Å². The van der Waals surface area contributed by atoms with E-state index in [4.69, 9.17) is 17.3 Å². The Morgan fingerprint density at radius 2 is 2.20 bits per heavy atom. The van der Waals surface area contributed by atoms with E-state index in [0.29, 0.717) is 17.4 Å². The van der Waals surface area contributed by atoms with E-state index in [2.05, 4.69) is 10.1 Å². The zero-order chi connectivity index (χ0) is 11.0. The van der Waals surface area contributed by atoms with Crippen molar-refractivity contribution >= 4 is 17.3 Å². The Balaban J connectivity index is 2.29. The molecule has 0 unspecified atom stereocenters. The van der Waals surface area contributed by atoms with E-state index in [1.165, 1.54) is 0 Å². The molecule has 0 saturated heterocycles. The minimum atomic E-state index is 0.576. The fraction of sp³-hybridized carbons (Fsp3) is 0.333. The fourth-order valence-corrected chi connectivity index (χ4v) is 1.47. The second kappa shape index (κ2) is 3.58. The van der Waals surface area contributed by atoms with Crippen molar-refractivity contribution < 1.29 is 0 Å². The Labute approximate surface area is 92.5 Å². The van der Waals surface area contributed by atoms with Crippen molar-refractivity contribution in [2.45, 2.75) is 13.5 Å². The van der Waals surface area contributed by atoms with E-state index in [1.54, 1.807) is 17.1 Å². The van der Waals surface area contributed by atoms with Gasteiger partial charge in [0.1, 0.15) is 11.0 Å². The van der Waals surface area contributed by atoms with Gasteiger partial charge in [-0.05, 0) is 6.92 Å². The van der Waals surface area contributed by atoms with Crippen LogP contribution in [0.25, 0.3) is 0 Å². The van der Waals surface area contributed by atoms with Crippen LogP contribution in [0.2, 0.25) is 5.15 Å². The molecule has 6 heteroatoms. The number of nitrogen functional groups attached to an aromatic ring is 1. The average Bonchev–Trinajstić information content (AvgIpc) is 2.68. The lowest BCUT2D eigenvalue weighted by molar-refractivity contribution is 0.617. The molecule has 2 rings (SSSR count). The second-order valence-corrected chi connectivity index (χ2v) is 3.79. The van der Waals surface area contributed by atoms with Crippen molar-refractivity contribution in [3.05, 3.63) is 29.1 Å². The summed E-state index contributed by atoms with van der Waals surface area (Å²) in [5.74, 6) is 0.853. The highest BCUT2D eigenvalue weighted by Gasteiger charge is 2.08. The van der Waals surface area contributed by atoms with Crippen LogP contribution in [0.4, 0.5) is 5.69 Å². The SMILES string of the molecule is Cc1c(N)cnn1Cc1ncc(Cl)n1C. The van der Waals surface area contributed by atoms with E-state index in [0.717, 1.165) is 11.5 Å². The maximum atomic E-state index is 5.89. The molecule has 0 aliphatic heterocycles. The molecule has 80 valence electrons. The van der Waals surface area contributed by atoms with Crippen molar-refractivity contribution in [2.75, 3.05) is 5.73 Å². The van der Waals surface area contributed by atoms with Gasteiger partial charge in [-0.1, -0.05) is 11.6 Å². The normalized spacial score (nSPS) is 10.9. The summed E-state index contributed by atoms with van der Waals surface area (Å²) in [6.45, 7) is 2.50. The lowest BCUT2D eigenvalue weighted by Gasteiger charge is -2.05. The molecule has 2 N–H and O–H groups in total. The third kappa shape index (κ3) is 1.70. The van der Waals surface area contributed by atoms with E-state index in [9.17, 15) is 0 Å². The van der Waals surface area contributed by atoms with Crippen molar-refractivity contribution in [3.8, 4) is 0 Å². The largest absolute Gasteiger partial charge is 0.396 e. The molecule has 0 radical (unpaired) electrons. The molecule has 0 amide bonds. The molecular formula is C9H12ClN5. The third-order valence-corrected chi connectivity index (χ3v) is 2.81. The van der Waals surface area contributed by atoms with E-state index in [-0.39, 0.29) is 0 Å². The molecule has 0 bridgehead atoms. The number of anilines is 1. The summed E-state index contributed by atoms with van der Waals surface area (Å²) in [4.78, 5) is 4.19. The summed E-state index contributed by atoms with van der Waals surface area (Å²) < 4.78 is 3.62. The third-order valence-electron chi connectivity index (χ3n) is 2.46. The number of imidazole rings is 1. The van der Waals surface area contributed by atoms with Gasteiger partial charge in [0.05, 0.1) is 30.3 Å². The summed E-state index contributed by atoms with van der Waals surface area (Å²) >= 11 is 5.89. The summed E-state index contributed by atoms with van der Waals surface area (Å²) in [7, 11) is 1.87. The molecule has 15 heavy (non-hydrogen) atoms. The molecule has 0 saturated carbocycles. The van der Waals surface area contributed by atoms with Gasteiger partial charge in [0.15, 0.2) is 0 Å². The number of nitrogens with zero attached hydrogens (tertiary/aromatic N) is 4. The number of aromatic nitrogens is 4. The molecule has 2 aromatic heterocycles. The van der Waals surface area contributed by atoms with Gasteiger partial charge in [-0.2, -0.15) is 5.10 Å². The minimum absolute atomic E-state index is 0.576. The first kappa shape index (κ1) is 10.0. The maximum Gasteiger partial charge on any atom is 0.131 e. The monoisotopic (exact) mass is 225 g/mol. The van der Waals surface area contributed by atoms with Crippen LogP contribution >= 0.6 is 11.6 Å². The van der Waals surface area contributed by atoms with Crippen LogP contribution in [0.15, 0.2) is 12.4 Å². The van der Waals surface area contributed by atoms with Gasteiger partial charge in [-0.3, -0.25) is 4.68 Å².